The van der Waals surface area contributed by atoms with Crippen molar-refractivity contribution < 1.29 is 4.52 Å². The molecule has 22 heavy (non-hydrogen) atoms. The van der Waals surface area contributed by atoms with E-state index in [4.69, 9.17) is 16.1 Å². The van der Waals surface area contributed by atoms with E-state index in [-0.39, 0.29) is 6.04 Å². The molecule has 0 N–H and O–H groups in total. The lowest BCUT2D eigenvalue weighted by molar-refractivity contribution is 0.318. The molecule has 0 fully saturated rings. The molecule has 1 aromatic carbocycles. The number of nitrogens with zero attached hydrogens (tertiary/aromatic N) is 6. The van der Waals surface area contributed by atoms with Gasteiger partial charge in [-0.25, -0.2) is 0 Å². The molecular weight excluding hydrogens is 304 g/mol. The average molecular weight is 319 g/mol. The molecule has 3 rings (SSSR count). The first-order chi connectivity index (χ1) is 10.7. The highest BCUT2D eigenvalue weighted by molar-refractivity contribution is 6.30. The van der Waals surface area contributed by atoms with Gasteiger partial charge in [0.15, 0.2) is 5.82 Å². The predicted octanol–water partition coefficient (Wildman–Crippen LogP) is 2.94. The number of aromatic nitrogens is 6. The minimum absolute atomic E-state index is 0.272. The molecule has 0 saturated carbocycles. The molecule has 2 aromatic heterocycles. The first-order valence-electron chi connectivity index (χ1n) is 7.05. The van der Waals surface area contributed by atoms with Crippen molar-refractivity contribution in [1.29, 1.82) is 0 Å². The summed E-state index contributed by atoms with van der Waals surface area (Å²) in [7, 11) is 0. The maximum Gasteiger partial charge on any atom is 0.253 e. The van der Waals surface area contributed by atoms with Gasteiger partial charge in [0.2, 0.25) is 5.82 Å². The molecule has 0 spiro atoms. The molecule has 3 aromatic rings. The molecule has 8 heteroatoms. The lowest BCUT2D eigenvalue weighted by atomic mass is 10.2. The molecule has 0 radical (unpaired) electrons. The second-order valence-electron chi connectivity index (χ2n) is 4.92. The largest absolute Gasteiger partial charge is 0.337 e. The van der Waals surface area contributed by atoms with Gasteiger partial charge in [-0.3, -0.25) is 0 Å². The number of aryl methyl sites for hydroxylation is 1. The highest BCUT2D eigenvalue weighted by Crippen LogP contribution is 2.19. The third-order valence-corrected chi connectivity index (χ3v) is 3.44. The molecule has 0 amide bonds. The van der Waals surface area contributed by atoms with E-state index in [0.717, 1.165) is 18.4 Å². The number of benzene rings is 1. The van der Waals surface area contributed by atoms with Crippen LogP contribution in [0.2, 0.25) is 5.02 Å². The van der Waals surface area contributed by atoms with Crippen molar-refractivity contribution in [1.82, 2.24) is 30.3 Å². The molecule has 0 aliphatic rings. The second kappa shape index (κ2) is 6.23. The van der Waals surface area contributed by atoms with Crippen molar-refractivity contribution in [3.8, 4) is 11.4 Å². The summed E-state index contributed by atoms with van der Waals surface area (Å²) in [6.07, 6.45) is 1.76. The number of rotatable bonds is 5. The van der Waals surface area contributed by atoms with Crippen LogP contribution in [-0.4, -0.2) is 30.3 Å². The van der Waals surface area contributed by atoms with E-state index in [1.54, 1.807) is 12.1 Å². The Hall–Kier alpha value is -2.28. The first kappa shape index (κ1) is 14.6. The van der Waals surface area contributed by atoms with Gasteiger partial charge in [0.1, 0.15) is 6.04 Å². The number of hydrogen-bond acceptors (Lipinski definition) is 6. The summed E-state index contributed by atoms with van der Waals surface area (Å²) < 4.78 is 5.26. The van der Waals surface area contributed by atoms with E-state index < -0.39 is 0 Å². The van der Waals surface area contributed by atoms with E-state index in [0.29, 0.717) is 22.6 Å². The zero-order valence-electron chi connectivity index (χ0n) is 12.3. The third kappa shape index (κ3) is 2.99. The lowest BCUT2D eigenvalue weighted by Crippen LogP contribution is -2.11. The zero-order valence-corrected chi connectivity index (χ0v) is 13.0. The van der Waals surface area contributed by atoms with Crippen molar-refractivity contribution in [2.75, 3.05) is 0 Å². The Balaban J connectivity index is 1.81. The molecule has 7 nitrogen and oxygen atoms in total. The minimum Gasteiger partial charge on any atom is -0.337 e. The van der Waals surface area contributed by atoms with Crippen LogP contribution in [0.4, 0.5) is 0 Å². The minimum atomic E-state index is -0.272. The van der Waals surface area contributed by atoms with E-state index in [1.165, 1.54) is 4.80 Å². The Labute approximate surface area is 132 Å². The summed E-state index contributed by atoms with van der Waals surface area (Å²) in [6, 6.07) is 7.00. The zero-order chi connectivity index (χ0) is 15.5. The second-order valence-corrected chi connectivity index (χ2v) is 5.35. The van der Waals surface area contributed by atoms with E-state index in [2.05, 4.69) is 32.5 Å². The van der Waals surface area contributed by atoms with Crippen LogP contribution in [0, 0.1) is 0 Å². The Kier molecular flexibility index (Phi) is 4.15. The van der Waals surface area contributed by atoms with Crippen LogP contribution in [0.3, 0.4) is 0 Å². The lowest BCUT2D eigenvalue weighted by Gasteiger charge is -2.02. The van der Waals surface area contributed by atoms with Gasteiger partial charge in [0.05, 0.1) is 0 Å². The molecule has 2 heterocycles. The Morgan fingerprint density at radius 3 is 2.77 bits per heavy atom. The summed E-state index contributed by atoms with van der Waals surface area (Å²) in [5, 5.41) is 17.1. The van der Waals surface area contributed by atoms with Crippen molar-refractivity contribution >= 4 is 11.6 Å². The number of halogens is 1. The summed E-state index contributed by atoms with van der Waals surface area (Å²) in [5.74, 6) is 1.70. The summed E-state index contributed by atoms with van der Waals surface area (Å²) in [4.78, 5) is 5.81. The predicted molar refractivity (Wildman–Crippen MR) is 80.4 cm³/mol. The van der Waals surface area contributed by atoms with Crippen molar-refractivity contribution in [3.05, 3.63) is 41.0 Å². The fourth-order valence-electron chi connectivity index (χ4n) is 1.96. The smallest absolute Gasteiger partial charge is 0.253 e. The SMILES string of the molecule is CCCc1noc(C(C)n2nnc(-c3ccc(Cl)cc3)n2)n1. The van der Waals surface area contributed by atoms with Gasteiger partial charge in [0, 0.05) is 17.0 Å². The van der Waals surface area contributed by atoms with Gasteiger partial charge in [-0.15, -0.1) is 10.2 Å². The normalized spacial score (nSPS) is 12.5. The first-order valence-corrected chi connectivity index (χ1v) is 7.43. The van der Waals surface area contributed by atoms with Crippen LogP contribution in [0.1, 0.15) is 38.0 Å². The van der Waals surface area contributed by atoms with Gasteiger partial charge in [-0.1, -0.05) is 23.7 Å². The van der Waals surface area contributed by atoms with Crippen LogP contribution in [-0.2, 0) is 6.42 Å². The summed E-state index contributed by atoms with van der Waals surface area (Å²) in [6.45, 7) is 3.95. The highest BCUT2D eigenvalue weighted by Gasteiger charge is 2.19. The standard InChI is InChI=1S/C14H15ClN6O/c1-3-4-12-16-14(22-19-12)9(2)21-18-13(17-20-21)10-5-7-11(15)8-6-10/h5-9H,3-4H2,1-2H3. The average Bonchev–Trinajstić information content (AvgIpc) is 3.17. The Bertz CT molecular complexity index is 751. The molecule has 1 unspecified atom stereocenters. The van der Waals surface area contributed by atoms with Crippen LogP contribution >= 0.6 is 11.6 Å². The van der Waals surface area contributed by atoms with Gasteiger partial charge in [0.25, 0.3) is 5.89 Å². The van der Waals surface area contributed by atoms with Crippen LogP contribution < -0.4 is 0 Å². The molecule has 114 valence electrons. The van der Waals surface area contributed by atoms with Crippen molar-refractivity contribution in [3.63, 3.8) is 0 Å². The third-order valence-electron chi connectivity index (χ3n) is 3.19. The Morgan fingerprint density at radius 2 is 2.05 bits per heavy atom. The van der Waals surface area contributed by atoms with E-state index in [1.807, 2.05) is 19.1 Å². The van der Waals surface area contributed by atoms with E-state index in [9.17, 15) is 0 Å². The fourth-order valence-corrected chi connectivity index (χ4v) is 2.09. The summed E-state index contributed by atoms with van der Waals surface area (Å²) in [5.41, 5.74) is 0.847. The van der Waals surface area contributed by atoms with Crippen LogP contribution in [0.5, 0.6) is 0 Å². The van der Waals surface area contributed by atoms with Crippen LogP contribution in [0.25, 0.3) is 11.4 Å². The van der Waals surface area contributed by atoms with Gasteiger partial charge in [-0.2, -0.15) is 9.78 Å². The maximum atomic E-state index is 5.87. The number of hydrogen-bond donors (Lipinski definition) is 0. The summed E-state index contributed by atoms with van der Waals surface area (Å²) >= 11 is 5.87. The van der Waals surface area contributed by atoms with Gasteiger partial charge < -0.3 is 4.52 Å². The molecular formula is C14H15ClN6O. The van der Waals surface area contributed by atoms with Gasteiger partial charge >= 0.3 is 0 Å². The molecule has 0 aliphatic heterocycles. The van der Waals surface area contributed by atoms with Crippen molar-refractivity contribution in [2.24, 2.45) is 0 Å². The number of tetrazole rings is 1. The maximum absolute atomic E-state index is 5.87. The van der Waals surface area contributed by atoms with Crippen LogP contribution in [0.15, 0.2) is 28.8 Å². The molecule has 0 aliphatic carbocycles. The Morgan fingerprint density at radius 1 is 1.27 bits per heavy atom. The molecule has 1 atom stereocenters. The molecule has 0 bridgehead atoms. The quantitative estimate of drug-likeness (QED) is 0.719. The van der Waals surface area contributed by atoms with Crippen molar-refractivity contribution in [2.45, 2.75) is 32.7 Å². The fraction of sp³-hybridized carbons (Fsp3) is 0.357. The van der Waals surface area contributed by atoms with Gasteiger partial charge in [-0.05, 0) is 42.8 Å². The monoisotopic (exact) mass is 318 g/mol. The van der Waals surface area contributed by atoms with E-state index >= 15 is 0 Å². The topological polar surface area (TPSA) is 82.5 Å². The molecule has 0 saturated heterocycles. The highest BCUT2D eigenvalue weighted by atomic mass is 35.5.